The zero-order valence-electron chi connectivity index (χ0n) is 13.5. The van der Waals surface area contributed by atoms with Crippen LogP contribution in [0.3, 0.4) is 0 Å². The van der Waals surface area contributed by atoms with Gasteiger partial charge in [0.15, 0.2) is 0 Å². The van der Waals surface area contributed by atoms with E-state index in [4.69, 9.17) is 16.3 Å². The van der Waals surface area contributed by atoms with Crippen LogP contribution in [0.4, 0.5) is 4.39 Å². The van der Waals surface area contributed by atoms with Crippen LogP contribution in [-0.2, 0) is 14.9 Å². The van der Waals surface area contributed by atoms with Crippen LogP contribution in [0, 0.1) is 12.7 Å². The summed E-state index contributed by atoms with van der Waals surface area (Å²) in [5, 5.41) is 0.533. The third-order valence-electron chi connectivity index (χ3n) is 4.58. The fraction of sp³-hybridized carbons (Fsp3) is 0.263. The van der Waals surface area contributed by atoms with Crippen molar-refractivity contribution in [1.29, 1.82) is 0 Å². The number of methoxy groups -OCH3 is 1. The van der Waals surface area contributed by atoms with Crippen molar-refractivity contribution in [2.24, 2.45) is 0 Å². The number of hydrogen-bond donors (Lipinski definition) is 0. The molecular formula is C19H17ClFNO2. The molecule has 1 aliphatic rings. The van der Waals surface area contributed by atoms with Crippen molar-refractivity contribution in [2.45, 2.75) is 25.2 Å². The van der Waals surface area contributed by atoms with E-state index in [0.717, 1.165) is 11.1 Å². The number of halogens is 2. The molecule has 24 heavy (non-hydrogen) atoms. The Morgan fingerprint density at radius 3 is 2.88 bits per heavy atom. The van der Waals surface area contributed by atoms with E-state index < -0.39 is 5.41 Å². The zero-order valence-corrected chi connectivity index (χ0v) is 14.2. The molecule has 1 aromatic carbocycles. The van der Waals surface area contributed by atoms with Gasteiger partial charge in [-0.1, -0.05) is 29.8 Å². The maximum absolute atomic E-state index is 14.0. The zero-order chi connectivity index (χ0) is 17.3. The molecule has 124 valence electrons. The van der Waals surface area contributed by atoms with Gasteiger partial charge in [0.2, 0.25) is 0 Å². The molecule has 0 radical (unpaired) electrons. The molecule has 0 spiro atoms. The Hall–Kier alpha value is -2.20. The molecule has 1 aromatic heterocycles. The maximum Gasteiger partial charge on any atom is 0.320 e. The van der Waals surface area contributed by atoms with E-state index in [-0.39, 0.29) is 11.8 Å². The largest absolute Gasteiger partial charge is 0.468 e. The molecule has 1 atom stereocenters. The summed E-state index contributed by atoms with van der Waals surface area (Å²) in [6.07, 6.45) is 6.32. The summed E-state index contributed by atoms with van der Waals surface area (Å²) in [4.78, 5) is 16.7. The third kappa shape index (κ3) is 2.71. The molecule has 1 unspecified atom stereocenters. The molecule has 1 heterocycles. The summed E-state index contributed by atoms with van der Waals surface area (Å²) >= 11 is 6.02. The number of rotatable bonds is 3. The summed E-state index contributed by atoms with van der Waals surface area (Å²) in [5.74, 6) is -0.719. The number of aromatic nitrogens is 1. The molecule has 0 saturated heterocycles. The average molecular weight is 346 g/mol. The van der Waals surface area contributed by atoms with Crippen molar-refractivity contribution in [3.63, 3.8) is 0 Å². The molecule has 3 rings (SSSR count). The van der Waals surface area contributed by atoms with Crippen molar-refractivity contribution in [3.8, 4) is 0 Å². The second kappa shape index (κ2) is 6.36. The van der Waals surface area contributed by atoms with Gasteiger partial charge in [-0.2, -0.15) is 0 Å². The summed E-state index contributed by atoms with van der Waals surface area (Å²) in [7, 11) is 1.35. The van der Waals surface area contributed by atoms with Gasteiger partial charge in [-0.15, -0.1) is 0 Å². The van der Waals surface area contributed by atoms with Gasteiger partial charge < -0.3 is 4.74 Å². The number of carbonyl (C=O) groups is 1. The highest BCUT2D eigenvalue weighted by Crippen LogP contribution is 2.45. The summed E-state index contributed by atoms with van der Waals surface area (Å²) in [6.45, 7) is 1.68. The van der Waals surface area contributed by atoms with E-state index in [1.165, 1.54) is 13.2 Å². The van der Waals surface area contributed by atoms with Crippen LogP contribution >= 0.6 is 11.6 Å². The third-order valence-corrected chi connectivity index (χ3v) is 4.79. The molecule has 5 heteroatoms. The van der Waals surface area contributed by atoms with Gasteiger partial charge >= 0.3 is 5.97 Å². The minimum absolute atomic E-state index is 0.331. The molecule has 1 aliphatic carbocycles. The SMILES string of the molecule is COC(=O)C1(c2cccc(F)c2C)C=C(c2cncc(Cl)c2)CC1. The Morgan fingerprint density at radius 1 is 1.38 bits per heavy atom. The van der Waals surface area contributed by atoms with Gasteiger partial charge in [0.25, 0.3) is 0 Å². The normalized spacial score (nSPS) is 19.9. The highest BCUT2D eigenvalue weighted by molar-refractivity contribution is 6.30. The molecule has 0 bridgehead atoms. The fourth-order valence-electron chi connectivity index (χ4n) is 3.34. The first-order valence-corrected chi connectivity index (χ1v) is 8.02. The number of nitrogens with zero attached hydrogens (tertiary/aromatic N) is 1. The van der Waals surface area contributed by atoms with Crippen molar-refractivity contribution >= 4 is 23.1 Å². The summed E-state index contributed by atoms with van der Waals surface area (Å²) < 4.78 is 19.1. The first kappa shape index (κ1) is 16.7. The Labute approximate surface area is 145 Å². The van der Waals surface area contributed by atoms with Crippen molar-refractivity contribution in [3.05, 3.63) is 70.3 Å². The van der Waals surface area contributed by atoms with E-state index in [9.17, 15) is 9.18 Å². The Bertz CT molecular complexity index is 834. The van der Waals surface area contributed by atoms with Crippen LogP contribution in [0.25, 0.3) is 5.57 Å². The summed E-state index contributed by atoms with van der Waals surface area (Å²) in [6, 6.07) is 6.61. The minimum Gasteiger partial charge on any atom is -0.468 e. The molecule has 0 fully saturated rings. The van der Waals surface area contributed by atoms with Crippen molar-refractivity contribution in [1.82, 2.24) is 4.98 Å². The van der Waals surface area contributed by atoms with E-state index in [0.29, 0.717) is 29.0 Å². The monoisotopic (exact) mass is 345 g/mol. The van der Waals surface area contributed by atoms with E-state index in [1.807, 2.05) is 12.1 Å². The molecular weight excluding hydrogens is 329 g/mol. The van der Waals surface area contributed by atoms with Crippen LogP contribution < -0.4 is 0 Å². The lowest BCUT2D eigenvalue weighted by molar-refractivity contribution is -0.145. The standard InChI is InChI=1S/C19H17ClFNO2/c1-12-16(4-3-5-17(12)21)19(18(23)24-2)7-6-13(9-19)14-8-15(20)11-22-10-14/h3-5,8-11H,6-7H2,1-2H3. The number of ether oxygens (including phenoxy) is 1. The van der Waals surface area contributed by atoms with Crippen molar-refractivity contribution in [2.75, 3.05) is 7.11 Å². The molecule has 2 aromatic rings. The number of pyridine rings is 1. The van der Waals surface area contributed by atoms with Gasteiger partial charge in [0.1, 0.15) is 11.2 Å². The fourth-order valence-corrected chi connectivity index (χ4v) is 3.52. The van der Waals surface area contributed by atoms with Gasteiger partial charge in [-0.25, -0.2) is 4.39 Å². The number of hydrogen-bond acceptors (Lipinski definition) is 3. The highest BCUT2D eigenvalue weighted by atomic mass is 35.5. The summed E-state index contributed by atoms with van der Waals surface area (Å²) in [5.41, 5.74) is 1.93. The Kier molecular flexibility index (Phi) is 4.41. The Balaban J connectivity index is 2.15. The Morgan fingerprint density at radius 2 is 2.17 bits per heavy atom. The predicted molar refractivity (Wildman–Crippen MR) is 91.3 cm³/mol. The number of carbonyl (C=O) groups excluding carboxylic acids is 1. The van der Waals surface area contributed by atoms with E-state index >= 15 is 0 Å². The lowest BCUT2D eigenvalue weighted by Crippen LogP contribution is -2.34. The van der Waals surface area contributed by atoms with Crippen LogP contribution in [0.5, 0.6) is 0 Å². The van der Waals surface area contributed by atoms with Crippen LogP contribution in [0.15, 0.2) is 42.7 Å². The molecule has 3 nitrogen and oxygen atoms in total. The highest BCUT2D eigenvalue weighted by Gasteiger charge is 2.44. The molecule has 0 saturated carbocycles. The van der Waals surface area contributed by atoms with Crippen LogP contribution in [0.2, 0.25) is 5.02 Å². The second-order valence-electron chi connectivity index (χ2n) is 5.94. The second-order valence-corrected chi connectivity index (χ2v) is 6.37. The first-order chi connectivity index (χ1) is 11.5. The van der Waals surface area contributed by atoms with Crippen LogP contribution in [0.1, 0.15) is 29.5 Å². The topological polar surface area (TPSA) is 39.2 Å². The van der Waals surface area contributed by atoms with Gasteiger partial charge in [0.05, 0.1) is 12.1 Å². The lowest BCUT2D eigenvalue weighted by Gasteiger charge is -2.26. The van der Waals surface area contributed by atoms with Gasteiger partial charge in [0, 0.05) is 12.4 Å². The molecule has 0 amide bonds. The molecule has 0 aliphatic heterocycles. The maximum atomic E-state index is 14.0. The van der Waals surface area contributed by atoms with Gasteiger partial charge in [-0.3, -0.25) is 9.78 Å². The van der Waals surface area contributed by atoms with Gasteiger partial charge in [-0.05, 0) is 54.2 Å². The number of allylic oxidation sites excluding steroid dienone is 1. The smallest absolute Gasteiger partial charge is 0.320 e. The first-order valence-electron chi connectivity index (χ1n) is 7.64. The average Bonchev–Trinajstić information content (AvgIpc) is 3.03. The van der Waals surface area contributed by atoms with E-state index in [2.05, 4.69) is 4.98 Å². The number of esters is 1. The van der Waals surface area contributed by atoms with Crippen LogP contribution in [-0.4, -0.2) is 18.1 Å². The molecule has 0 N–H and O–H groups in total. The van der Waals surface area contributed by atoms with E-state index in [1.54, 1.807) is 31.5 Å². The quantitative estimate of drug-likeness (QED) is 0.770. The predicted octanol–water partition coefficient (Wildman–Crippen LogP) is 4.47. The minimum atomic E-state index is -0.988. The number of benzene rings is 1. The van der Waals surface area contributed by atoms with Crippen molar-refractivity contribution < 1.29 is 13.9 Å². The lowest BCUT2D eigenvalue weighted by atomic mass is 9.77.